The van der Waals surface area contributed by atoms with E-state index in [4.69, 9.17) is 10.5 Å². The van der Waals surface area contributed by atoms with Crippen LogP contribution in [0.3, 0.4) is 0 Å². The second-order valence-corrected chi connectivity index (χ2v) is 7.97. The number of hydrogen-bond acceptors (Lipinski definition) is 5. The summed E-state index contributed by atoms with van der Waals surface area (Å²) in [5.41, 5.74) is 5.56. The van der Waals surface area contributed by atoms with Crippen LogP contribution in [0.15, 0.2) is 0 Å². The summed E-state index contributed by atoms with van der Waals surface area (Å²) in [4.78, 5) is 2.25. The molecule has 2 saturated heterocycles. The standard InChI is InChI=1S/C12H24N2O3S/c1-10-6-14(7-11(2)17-10)12(8-13)4-3-5-18(15,16)9-12/h10-11H,3-9,13H2,1-2H3. The van der Waals surface area contributed by atoms with E-state index in [1.165, 1.54) is 0 Å². The first-order valence-electron chi connectivity index (χ1n) is 6.68. The van der Waals surface area contributed by atoms with Crippen molar-refractivity contribution in [1.82, 2.24) is 4.90 Å². The molecule has 3 atom stereocenters. The van der Waals surface area contributed by atoms with Gasteiger partial charge in [-0.15, -0.1) is 0 Å². The van der Waals surface area contributed by atoms with E-state index in [-0.39, 0.29) is 23.5 Å². The van der Waals surface area contributed by atoms with Gasteiger partial charge in [0.1, 0.15) is 0 Å². The van der Waals surface area contributed by atoms with E-state index in [1.807, 2.05) is 13.8 Å². The fourth-order valence-corrected chi connectivity index (χ4v) is 5.27. The molecule has 2 heterocycles. The van der Waals surface area contributed by atoms with Gasteiger partial charge in [0.05, 0.1) is 23.7 Å². The molecule has 6 heteroatoms. The lowest BCUT2D eigenvalue weighted by Crippen LogP contribution is -2.64. The number of ether oxygens (including phenoxy) is 1. The lowest BCUT2D eigenvalue weighted by molar-refractivity contribution is -0.0986. The van der Waals surface area contributed by atoms with Gasteiger partial charge in [-0.05, 0) is 26.7 Å². The van der Waals surface area contributed by atoms with E-state index in [1.54, 1.807) is 0 Å². The molecule has 0 spiro atoms. The molecular weight excluding hydrogens is 252 g/mol. The van der Waals surface area contributed by atoms with Gasteiger partial charge in [-0.2, -0.15) is 0 Å². The van der Waals surface area contributed by atoms with Crippen molar-refractivity contribution in [3.05, 3.63) is 0 Å². The first kappa shape index (κ1) is 14.2. The van der Waals surface area contributed by atoms with Crippen molar-refractivity contribution >= 4 is 9.84 Å². The highest BCUT2D eigenvalue weighted by molar-refractivity contribution is 7.91. The summed E-state index contributed by atoms with van der Waals surface area (Å²) in [6.07, 6.45) is 1.88. The average molecular weight is 276 g/mol. The highest BCUT2D eigenvalue weighted by Gasteiger charge is 2.44. The van der Waals surface area contributed by atoms with Crippen LogP contribution < -0.4 is 5.73 Å². The van der Waals surface area contributed by atoms with Crippen molar-refractivity contribution in [2.75, 3.05) is 31.1 Å². The largest absolute Gasteiger partial charge is 0.373 e. The summed E-state index contributed by atoms with van der Waals surface area (Å²) in [6, 6.07) is 0. The summed E-state index contributed by atoms with van der Waals surface area (Å²) in [5.74, 6) is 0.514. The lowest BCUT2D eigenvalue weighted by atomic mass is 9.91. The molecule has 18 heavy (non-hydrogen) atoms. The minimum absolute atomic E-state index is 0.141. The lowest BCUT2D eigenvalue weighted by Gasteiger charge is -2.49. The Labute approximate surface area is 110 Å². The van der Waals surface area contributed by atoms with E-state index in [9.17, 15) is 8.42 Å². The molecule has 0 aromatic heterocycles. The molecule has 0 radical (unpaired) electrons. The maximum absolute atomic E-state index is 11.9. The number of nitrogens with zero attached hydrogens (tertiary/aromatic N) is 1. The van der Waals surface area contributed by atoms with Crippen molar-refractivity contribution in [2.24, 2.45) is 5.73 Å². The zero-order chi connectivity index (χ0) is 13.4. The molecule has 5 nitrogen and oxygen atoms in total. The topological polar surface area (TPSA) is 72.6 Å². The van der Waals surface area contributed by atoms with Crippen LogP contribution in [-0.4, -0.2) is 62.2 Å². The van der Waals surface area contributed by atoms with Gasteiger partial charge in [0, 0.05) is 25.2 Å². The van der Waals surface area contributed by atoms with Crippen LogP contribution in [0, 0.1) is 0 Å². The second-order valence-electron chi connectivity index (χ2n) is 5.79. The zero-order valence-corrected chi connectivity index (χ0v) is 12.1. The van der Waals surface area contributed by atoms with Gasteiger partial charge in [0.25, 0.3) is 0 Å². The van der Waals surface area contributed by atoms with Gasteiger partial charge in [0.2, 0.25) is 0 Å². The van der Waals surface area contributed by atoms with Crippen LogP contribution >= 0.6 is 0 Å². The Morgan fingerprint density at radius 3 is 2.44 bits per heavy atom. The second kappa shape index (κ2) is 5.07. The van der Waals surface area contributed by atoms with Crippen LogP contribution in [0.1, 0.15) is 26.7 Å². The Morgan fingerprint density at radius 1 is 1.33 bits per heavy atom. The molecule has 0 aromatic rings. The number of morpholine rings is 1. The van der Waals surface area contributed by atoms with Crippen molar-refractivity contribution in [1.29, 1.82) is 0 Å². The highest BCUT2D eigenvalue weighted by atomic mass is 32.2. The maximum atomic E-state index is 11.9. The summed E-state index contributed by atoms with van der Waals surface area (Å²) in [6.45, 7) is 6.02. The molecule has 0 aliphatic carbocycles. The van der Waals surface area contributed by atoms with Crippen LogP contribution in [0.2, 0.25) is 0 Å². The minimum atomic E-state index is -2.95. The van der Waals surface area contributed by atoms with Gasteiger partial charge in [0.15, 0.2) is 9.84 Å². The Hall–Kier alpha value is -0.170. The SMILES string of the molecule is CC1CN(C2(CN)CCCS(=O)(=O)C2)CC(C)O1. The van der Waals surface area contributed by atoms with Crippen molar-refractivity contribution < 1.29 is 13.2 Å². The smallest absolute Gasteiger partial charge is 0.152 e. The monoisotopic (exact) mass is 276 g/mol. The van der Waals surface area contributed by atoms with Crippen molar-refractivity contribution in [3.63, 3.8) is 0 Å². The fourth-order valence-electron chi connectivity index (χ4n) is 3.28. The van der Waals surface area contributed by atoms with Crippen LogP contribution in [0.4, 0.5) is 0 Å². The Kier molecular flexibility index (Phi) is 4.02. The number of sulfone groups is 1. The van der Waals surface area contributed by atoms with Crippen LogP contribution in [0.5, 0.6) is 0 Å². The average Bonchev–Trinajstić information content (AvgIpc) is 2.26. The van der Waals surface area contributed by atoms with Crippen molar-refractivity contribution in [2.45, 2.75) is 44.4 Å². The molecule has 2 N–H and O–H groups in total. The van der Waals surface area contributed by atoms with E-state index in [2.05, 4.69) is 4.90 Å². The molecular formula is C12H24N2O3S. The molecule has 2 fully saturated rings. The molecule has 0 saturated carbocycles. The van der Waals surface area contributed by atoms with E-state index < -0.39 is 9.84 Å². The van der Waals surface area contributed by atoms with E-state index in [0.29, 0.717) is 12.3 Å². The van der Waals surface area contributed by atoms with Crippen LogP contribution in [0.25, 0.3) is 0 Å². The summed E-state index contributed by atoms with van der Waals surface area (Å²) in [7, 11) is -2.95. The molecule has 2 aliphatic rings. The van der Waals surface area contributed by atoms with E-state index >= 15 is 0 Å². The number of rotatable bonds is 2. The first-order chi connectivity index (χ1) is 8.37. The quantitative estimate of drug-likeness (QED) is 0.769. The molecule has 106 valence electrons. The third-order valence-corrected chi connectivity index (χ3v) is 5.94. The molecule has 0 amide bonds. The number of hydrogen-bond donors (Lipinski definition) is 1. The Balaban J connectivity index is 2.21. The maximum Gasteiger partial charge on any atom is 0.152 e. The van der Waals surface area contributed by atoms with E-state index in [0.717, 1.165) is 25.9 Å². The first-order valence-corrected chi connectivity index (χ1v) is 8.50. The molecule has 2 aliphatic heterocycles. The minimum Gasteiger partial charge on any atom is -0.373 e. The van der Waals surface area contributed by atoms with Crippen LogP contribution in [-0.2, 0) is 14.6 Å². The molecule has 3 unspecified atom stereocenters. The summed E-state index contributed by atoms with van der Waals surface area (Å²) in [5, 5.41) is 0. The number of nitrogens with two attached hydrogens (primary N) is 1. The Bertz CT molecular complexity index is 388. The zero-order valence-electron chi connectivity index (χ0n) is 11.3. The van der Waals surface area contributed by atoms with Gasteiger partial charge < -0.3 is 10.5 Å². The third-order valence-electron chi connectivity index (χ3n) is 4.06. The fraction of sp³-hybridized carbons (Fsp3) is 1.00. The van der Waals surface area contributed by atoms with Gasteiger partial charge in [-0.25, -0.2) is 8.42 Å². The Morgan fingerprint density at radius 2 is 1.94 bits per heavy atom. The highest BCUT2D eigenvalue weighted by Crippen LogP contribution is 2.31. The third kappa shape index (κ3) is 2.87. The summed E-state index contributed by atoms with van der Waals surface area (Å²) >= 11 is 0. The molecule has 0 bridgehead atoms. The van der Waals surface area contributed by atoms with Gasteiger partial charge >= 0.3 is 0 Å². The molecule has 2 rings (SSSR count). The molecule has 0 aromatic carbocycles. The normalized spacial score (nSPS) is 41.7. The van der Waals surface area contributed by atoms with Gasteiger partial charge in [-0.1, -0.05) is 0 Å². The van der Waals surface area contributed by atoms with Crippen molar-refractivity contribution in [3.8, 4) is 0 Å². The summed E-state index contributed by atoms with van der Waals surface area (Å²) < 4.78 is 29.6. The van der Waals surface area contributed by atoms with Gasteiger partial charge in [-0.3, -0.25) is 4.90 Å². The predicted octanol–water partition coefficient (Wildman–Crippen LogP) is 0.00170. The predicted molar refractivity (Wildman–Crippen MR) is 71.3 cm³/mol.